The highest BCUT2D eigenvalue weighted by Gasteiger charge is 2.31. The predicted molar refractivity (Wildman–Crippen MR) is 85.4 cm³/mol. The number of alkyl halides is 3. The van der Waals surface area contributed by atoms with Crippen LogP contribution in [0.4, 0.5) is 18.9 Å². The molecule has 0 aliphatic heterocycles. The number of anilines is 1. The molecule has 2 aromatic rings. The molecule has 0 aliphatic carbocycles. The van der Waals surface area contributed by atoms with Crippen molar-refractivity contribution in [2.24, 2.45) is 0 Å². The number of hydrogen-bond donors (Lipinski definition) is 1. The zero-order valence-corrected chi connectivity index (χ0v) is 13.3. The topological polar surface area (TPSA) is 68.2 Å². The maximum Gasteiger partial charge on any atom is 0.417 e. The first-order chi connectivity index (χ1) is 11.7. The van der Waals surface area contributed by atoms with Crippen molar-refractivity contribution in [3.63, 3.8) is 0 Å². The Balaban J connectivity index is 2.00. The maximum atomic E-state index is 12.7. The zero-order chi connectivity index (χ0) is 18.6. The van der Waals surface area contributed by atoms with Gasteiger partial charge in [0, 0.05) is 36.5 Å². The van der Waals surface area contributed by atoms with Gasteiger partial charge in [0.15, 0.2) is 5.78 Å². The van der Waals surface area contributed by atoms with Crippen LogP contribution in [0.15, 0.2) is 47.4 Å². The van der Waals surface area contributed by atoms with Crippen LogP contribution >= 0.6 is 0 Å². The van der Waals surface area contributed by atoms with E-state index in [9.17, 15) is 27.6 Å². The Bertz CT molecular complexity index is 839. The van der Waals surface area contributed by atoms with Crippen molar-refractivity contribution in [2.45, 2.75) is 26.1 Å². The highest BCUT2D eigenvalue weighted by atomic mass is 19.4. The van der Waals surface area contributed by atoms with Crippen LogP contribution in [0.3, 0.4) is 0 Å². The van der Waals surface area contributed by atoms with Crippen molar-refractivity contribution in [1.29, 1.82) is 0 Å². The van der Waals surface area contributed by atoms with E-state index in [0.717, 1.165) is 10.6 Å². The van der Waals surface area contributed by atoms with E-state index in [4.69, 9.17) is 0 Å². The number of carbonyl (C=O) groups is 2. The summed E-state index contributed by atoms with van der Waals surface area (Å²) in [6.45, 7) is 1.24. The molecular formula is C17H15F3N2O3. The van der Waals surface area contributed by atoms with Gasteiger partial charge in [-0.05, 0) is 37.3 Å². The van der Waals surface area contributed by atoms with Gasteiger partial charge >= 0.3 is 6.18 Å². The fourth-order valence-corrected chi connectivity index (χ4v) is 2.11. The number of carbonyl (C=O) groups excluding carboxylic acids is 2. The largest absolute Gasteiger partial charge is 0.417 e. The number of hydrogen-bond acceptors (Lipinski definition) is 3. The number of Topliss-reactive ketones (excluding diaryl/α,β-unsaturated/α-hetero) is 1. The number of benzene rings is 1. The van der Waals surface area contributed by atoms with Crippen LogP contribution in [-0.4, -0.2) is 16.3 Å². The van der Waals surface area contributed by atoms with Gasteiger partial charge < -0.3 is 9.88 Å². The number of rotatable bonds is 5. The Morgan fingerprint density at radius 3 is 2.28 bits per heavy atom. The molecule has 0 unspecified atom stereocenters. The second kappa shape index (κ2) is 7.33. The lowest BCUT2D eigenvalue weighted by Gasteiger charge is -2.11. The van der Waals surface area contributed by atoms with Crippen molar-refractivity contribution < 1.29 is 22.8 Å². The van der Waals surface area contributed by atoms with Gasteiger partial charge in [-0.2, -0.15) is 13.2 Å². The fourth-order valence-electron chi connectivity index (χ4n) is 2.11. The van der Waals surface area contributed by atoms with E-state index in [1.165, 1.54) is 6.92 Å². The molecule has 132 valence electrons. The van der Waals surface area contributed by atoms with E-state index in [1.807, 2.05) is 0 Å². The van der Waals surface area contributed by atoms with Gasteiger partial charge in [-0.25, -0.2) is 0 Å². The molecule has 0 atom stereocenters. The van der Waals surface area contributed by atoms with Crippen LogP contribution in [0.25, 0.3) is 0 Å². The minimum atomic E-state index is -4.56. The number of aromatic nitrogens is 1. The van der Waals surface area contributed by atoms with Crippen LogP contribution in [-0.2, 0) is 17.5 Å². The first kappa shape index (κ1) is 18.4. The SMILES string of the molecule is CC(=O)c1ccc(NC(=O)CCn2cc(C(F)(F)F)ccc2=O)cc1. The molecule has 5 nitrogen and oxygen atoms in total. The Labute approximate surface area is 141 Å². The summed E-state index contributed by atoms with van der Waals surface area (Å²) in [5.74, 6) is -0.568. The van der Waals surface area contributed by atoms with Crippen molar-refractivity contribution in [3.8, 4) is 0 Å². The van der Waals surface area contributed by atoms with Gasteiger partial charge in [0.2, 0.25) is 5.91 Å². The molecule has 0 bridgehead atoms. The van der Waals surface area contributed by atoms with Crippen LogP contribution in [0.2, 0.25) is 0 Å². The van der Waals surface area contributed by atoms with Crippen LogP contribution in [0.5, 0.6) is 0 Å². The Hall–Kier alpha value is -2.90. The van der Waals surface area contributed by atoms with E-state index in [-0.39, 0.29) is 18.7 Å². The molecule has 1 N–H and O–H groups in total. The number of pyridine rings is 1. The van der Waals surface area contributed by atoms with Gasteiger partial charge in [-0.15, -0.1) is 0 Å². The molecule has 0 saturated heterocycles. The van der Waals surface area contributed by atoms with Crippen molar-refractivity contribution >= 4 is 17.4 Å². The molecule has 1 aromatic carbocycles. The number of aryl methyl sites for hydroxylation is 1. The Morgan fingerprint density at radius 1 is 1.08 bits per heavy atom. The number of halogens is 3. The van der Waals surface area contributed by atoms with E-state index in [2.05, 4.69) is 5.32 Å². The summed E-state index contributed by atoms with van der Waals surface area (Å²) in [5, 5.41) is 2.55. The van der Waals surface area contributed by atoms with Crippen LogP contribution in [0, 0.1) is 0 Å². The smallest absolute Gasteiger partial charge is 0.326 e. The third-order valence-corrected chi connectivity index (χ3v) is 3.47. The number of nitrogens with one attached hydrogen (secondary N) is 1. The van der Waals surface area contributed by atoms with Gasteiger partial charge in [0.25, 0.3) is 5.56 Å². The third-order valence-electron chi connectivity index (χ3n) is 3.47. The van der Waals surface area contributed by atoms with E-state index < -0.39 is 23.2 Å². The van der Waals surface area contributed by atoms with Gasteiger partial charge in [-0.1, -0.05) is 0 Å². The van der Waals surface area contributed by atoms with Crippen molar-refractivity contribution in [2.75, 3.05) is 5.32 Å². The molecular weight excluding hydrogens is 337 g/mol. The highest BCUT2D eigenvalue weighted by Crippen LogP contribution is 2.28. The lowest BCUT2D eigenvalue weighted by molar-refractivity contribution is -0.138. The molecule has 1 aromatic heterocycles. The molecule has 8 heteroatoms. The summed E-state index contributed by atoms with van der Waals surface area (Å²) >= 11 is 0. The fraction of sp³-hybridized carbons (Fsp3) is 0.235. The summed E-state index contributed by atoms with van der Waals surface area (Å²) < 4.78 is 38.8. The summed E-state index contributed by atoms with van der Waals surface area (Å²) in [4.78, 5) is 34.7. The Morgan fingerprint density at radius 2 is 1.72 bits per heavy atom. The van der Waals surface area contributed by atoms with E-state index >= 15 is 0 Å². The molecule has 0 radical (unpaired) electrons. The summed E-state index contributed by atoms with van der Waals surface area (Å²) in [6.07, 6.45) is -4.04. The first-order valence-electron chi connectivity index (χ1n) is 7.35. The van der Waals surface area contributed by atoms with Gasteiger partial charge in [0.05, 0.1) is 5.56 Å². The van der Waals surface area contributed by atoms with Gasteiger partial charge in [0.1, 0.15) is 0 Å². The third kappa shape index (κ3) is 5.03. The molecule has 1 amide bonds. The molecule has 0 aliphatic rings. The van der Waals surface area contributed by atoms with Crippen LogP contribution < -0.4 is 10.9 Å². The van der Waals surface area contributed by atoms with Crippen molar-refractivity contribution in [1.82, 2.24) is 4.57 Å². The zero-order valence-electron chi connectivity index (χ0n) is 13.3. The minimum absolute atomic E-state index is 0.109. The van der Waals surface area contributed by atoms with E-state index in [0.29, 0.717) is 23.5 Å². The molecule has 0 fully saturated rings. The van der Waals surface area contributed by atoms with Crippen LogP contribution in [0.1, 0.15) is 29.3 Å². The summed E-state index contributed by atoms with van der Waals surface area (Å²) in [6, 6.07) is 7.72. The van der Waals surface area contributed by atoms with Crippen molar-refractivity contribution in [3.05, 3.63) is 64.1 Å². The lowest BCUT2D eigenvalue weighted by atomic mass is 10.1. The molecule has 2 rings (SSSR count). The lowest BCUT2D eigenvalue weighted by Crippen LogP contribution is -2.24. The number of nitrogens with zero attached hydrogens (tertiary/aromatic N) is 1. The normalized spacial score (nSPS) is 11.2. The average Bonchev–Trinajstić information content (AvgIpc) is 2.53. The minimum Gasteiger partial charge on any atom is -0.326 e. The number of ketones is 1. The predicted octanol–water partition coefficient (Wildman–Crippen LogP) is 3.10. The second-order valence-corrected chi connectivity index (χ2v) is 5.38. The monoisotopic (exact) mass is 352 g/mol. The molecule has 0 spiro atoms. The first-order valence-corrected chi connectivity index (χ1v) is 7.35. The maximum absolute atomic E-state index is 12.7. The summed E-state index contributed by atoms with van der Waals surface area (Å²) in [5.41, 5.74) is -0.626. The summed E-state index contributed by atoms with van der Waals surface area (Å²) in [7, 11) is 0. The highest BCUT2D eigenvalue weighted by molar-refractivity contribution is 5.95. The number of amides is 1. The molecule has 1 heterocycles. The Kier molecular flexibility index (Phi) is 5.41. The second-order valence-electron chi connectivity index (χ2n) is 5.38. The van der Waals surface area contributed by atoms with E-state index in [1.54, 1.807) is 24.3 Å². The average molecular weight is 352 g/mol. The molecule has 25 heavy (non-hydrogen) atoms. The quantitative estimate of drug-likeness (QED) is 0.841. The standard InChI is InChI=1S/C17H15F3N2O3/c1-11(23)12-2-5-14(6-3-12)21-15(24)8-9-22-10-13(17(18,19)20)4-7-16(22)25/h2-7,10H,8-9H2,1H3,(H,21,24). The molecule has 0 saturated carbocycles. The van der Waals surface area contributed by atoms with Gasteiger partial charge in [-0.3, -0.25) is 14.4 Å².